The van der Waals surface area contributed by atoms with Crippen molar-refractivity contribution in [1.29, 1.82) is 5.26 Å². The van der Waals surface area contributed by atoms with Gasteiger partial charge in [-0.15, -0.1) is 5.10 Å². The molecule has 4 heterocycles. The fourth-order valence-electron chi connectivity index (χ4n) is 7.35. The van der Waals surface area contributed by atoms with Gasteiger partial charge in [-0.05, 0) is 67.3 Å². The lowest BCUT2D eigenvalue weighted by atomic mass is 10.1. The molecule has 1 aliphatic carbocycles. The van der Waals surface area contributed by atoms with Crippen LogP contribution in [0.5, 0.6) is 11.5 Å². The van der Waals surface area contributed by atoms with Gasteiger partial charge in [-0.1, -0.05) is 24.3 Å². The average Bonchev–Trinajstić information content (AvgIpc) is 3.96. The van der Waals surface area contributed by atoms with E-state index in [-0.39, 0.29) is 34.7 Å². The number of nitriles is 1. The molecule has 2 N–H and O–H groups in total. The van der Waals surface area contributed by atoms with Crippen LogP contribution in [-0.4, -0.2) is 101 Å². The number of fused-ring (bicyclic) bond motifs is 1. The number of methoxy groups -OCH3 is 2. The van der Waals surface area contributed by atoms with E-state index >= 15 is 4.39 Å². The second-order valence-corrected chi connectivity index (χ2v) is 14.2. The summed E-state index contributed by atoms with van der Waals surface area (Å²) in [5.74, 6) is 1.31. The zero-order valence-corrected chi connectivity index (χ0v) is 31.4. The minimum atomic E-state index is -1.21. The average molecular weight is 763 g/mol. The van der Waals surface area contributed by atoms with Gasteiger partial charge in [0.2, 0.25) is 5.95 Å². The second kappa shape index (κ2) is 15.5. The van der Waals surface area contributed by atoms with E-state index in [1.165, 1.54) is 21.7 Å². The zero-order valence-electron chi connectivity index (χ0n) is 31.4. The number of carboxylic acid groups (broad SMARTS) is 1. The molecule has 0 radical (unpaired) electrons. The molecule has 2 aliphatic heterocycles. The molecular weight excluding hydrogens is 720 g/mol. The molecule has 3 aliphatic rings. The predicted molar refractivity (Wildman–Crippen MR) is 208 cm³/mol. The third-order valence-electron chi connectivity index (χ3n) is 10.8. The summed E-state index contributed by atoms with van der Waals surface area (Å²) >= 11 is 0. The minimum Gasteiger partial charge on any atom is -0.497 e. The smallest absolute Gasteiger partial charge is 0.412 e. The number of aromatic nitrogens is 4. The first kappa shape index (κ1) is 36.8. The first-order valence-electron chi connectivity index (χ1n) is 18.6. The molecule has 8 rings (SSSR count). The number of piperazine rings is 1. The summed E-state index contributed by atoms with van der Waals surface area (Å²) in [6.45, 7) is 6.13. The van der Waals surface area contributed by atoms with E-state index in [0.717, 1.165) is 29.7 Å². The maximum Gasteiger partial charge on any atom is 0.412 e. The Morgan fingerprint density at radius 1 is 1.05 bits per heavy atom. The molecule has 2 aromatic heterocycles. The van der Waals surface area contributed by atoms with E-state index in [4.69, 9.17) is 19.2 Å². The van der Waals surface area contributed by atoms with Gasteiger partial charge in [-0.25, -0.2) is 14.2 Å². The van der Waals surface area contributed by atoms with Crippen molar-refractivity contribution in [2.24, 2.45) is 0 Å². The predicted octanol–water partition coefficient (Wildman–Crippen LogP) is 5.83. The number of anilines is 5. The number of hydrogen-bond acceptors (Lipinski definition) is 12. The summed E-state index contributed by atoms with van der Waals surface area (Å²) in [6.07, 6.45) is 2.12. The van der Waals surface area contributed by atoms with Gasteiger partial charge >= 0.3 is 6.09 Å². The number of ether oxygens (including phenoxy) is 3. The number of rotatable bonds is 13. The van der Waals surface area contributed by atoms with Crippen LogP contribution in [0, 0.1) is 17.1 Å². The minimum absolute atomic E-state index is 0.0162. The molecule has 1 atom stereocenters. The molecule has 1 amide bonds. The lowest BCUT2D eigenvalue weighted by molar-refractivity contribution is -0.0660. The van der Waals surface area contributed by atoms with Crippen molar-refractivity contribution in [3.63, 3.8) is 0 Å². The van der Waals surface area contributed by atoms with Crippen LogP contribution in [0.1, 0.15) is 42.6 Å². The second-order valence-electron chi connectivity index (χ2n) is 14.2. The van der Waals surface area contributed by atoms with Crippen LogP contribution in [0.25, 0.3) is 5.65 Å². The Bertz CT molecular complexity index is 2250. The molecule has 56 heavy (non-hydrogen) atoms. The fraction of sp³-hybridized carbons (Fsp3) is 0.375. The van der Waals surface area contributed by atoms with Crippen molar-refractivity contribution in [2.75, 3.05) is 73.6 Å². The topological polar surface area (TPSA) is 157 Å². The summed E-state index contributed by atoms with van der Waals surface area (Å²) in [4.78, 5) is 30.2. The molecule has 1 unspecified atom stereocenters. The lowest BCUT2D eigenvalue weighted by Crippen LogP contribution is -2.56. The van der Waals surface area contributed by atoms with Gasteiger partial charge < -0.3 is 34.4 Å². The lowest BCUT2D eigenvalue weighted by Gasteiger charge is -2.43. The van der Waals surface area contributed by atoms with E-state index in [2.05, 4.69) is 31.3 Å². The Hall–Kier alpha value is -6.18. The molecule has 2 saturated heterocycles. The van der Waals surface area contributed by atoms with Crippen molar-refractivity contribution in [1.82, 2.24) is 24.5 Å². The highest BCUT2D eigenvalue weighted by Gasteiger charge is 2.34. The Labute approximate surface area is 323 Å². The molecule has 5 aromatic rings. The first-order valence-corrected chi connectivity index (χ1v) is 18.6. The third-order valence-corrected chi connectivity index (χ3v) is 10.8. The van der Waals surface area contributed by atoms with E-state index in [1.807, 2.05) is 41.3 Å². The van der Waals surface area contributed by atoms with Gasteiger partial charge in [-0.2, -0.15) is 14.8 Å². The van der Waals surface area contributed by atoms with Crippen LogP contribution < -0.4 is 29.5 Å². The van der Waals surface area contributed by atoms with Gasteiger partial charge in [-0.3, -0.25) is 9.80 Å². The molecule has 15 nitrogen and oxygen atoms in total. The van der Waals surface area contributed by atoms with Crippen molar-refractivity contribution >= 4 is 40.6 Å². The van der Waals surface area contributed by atoms with Crippen LogP contribution in [0.2, 0.25) is 0 Å². The molecule has 0 bridgehead atoms. The van der Waals surface area contributed by atoms with Crippen LogP contribution in [-0.2, 0) is 11.3 Å². The number of nitrogens with zero attached hydrogens (tertiary/aromatic N) is 9. The van der Waals surface area contributed by atoms with Crippen molar-refractivity contribution < 1.29 is 28.5 Å². The Morgan fingerprint density at radius 2 is 1.73 bits per heavy atom. The highest BCUT2D eigenvalue weighted by atomic mass is 19.1. The van der Waals surface area contributed by atoms with Gasteiger partial charge in [0.05, 0.1) is 62.8 Å². The fourth-order valence-corrected chi connectivity index (χ4v) is 7.35. The highest BCUT2D eigenvalue weighted by Crippen LogP contribution is 2.39. The Kier molecular flexibility index (Phi) is 10.2. The quantitative estimate of drug-likeness (QED) is 0.148. The number of halogens is 1. The molecule has 3 aromatic carbocycles. The maximum absolute atomic E-state index is 17.0. The van der Waals surface area contributed by atoms with E-state index < -0.39 is 18.0 Å². The number of hydrogen-bond donors (Lipinski definition) is 2. The number of nitrogens with one attached hydrogen (secondary N) is 1. The van der Waals surface area contributed by atoms with Crippen LogP contribution in [0.4, 0.5) is 38.0 Å². The van der Waals surface area contributed by atoms with Crippen molar-refractivity contribution in [3.8, 4) is 17.6 Å². The first-order chi connectivity index (χ1) is 27.2. The molecule has 1 saturated carbocycles. The van der Waals surface area contributed by atoms with Gasteiger partial charge in [0, 0.05) is 38.8 Å². The summed E-state index contributed by atoms with van der Waals surface area (Å²) in [5, 5.41) is 28.4. The molecule has 0 spiro atoms. The summed E-state index contributed by atoms with van der Waals surface area (Å²) in [5.41, 5.74) is 2.81. The largest absolute Gasteiger partial charge is 0.497 e. The number of carbonyl (C=O) groups is 1. The summed E-state index contributed by atoms with van der Waals surface area (Å²) in [7, 11) is 3.19. The van der Waals surface area contributed by atoms with Gasteiger partial charge in [0.25, 0.3) is 0 Å². The van der Waals surface area contributed by atoms with Gasteiger partial charge in [0.15, 0.2) is 23.0 Å². The van der Waals surface area contributed by atoms with E-state index in [0.29, 0.717) is 69.2 Å². The summed E-state index contributed by atoms with van der Waals surface area (Å²) < 4.78 is 34.5. The monoisotopic (exact) mass is 762 g/mol. The SMILES string of the molecule is COc1ccc(CN(c2nc(Nc3cc(N(C(=O)O)C(C)c4ccc(OC)cc4)cc(N4CCN(C5COC5)CC4)c3F)nn3c(C#N)cnc23)C2CC2)cc1. The molecular formula is C40H43FN10O5. The third kappa shape index (κ3) is 7.30. The molecule has 16 heteroatoms. The van der Waals surface area contributed by atoms with Crippen molar-refractivity contribution in [3.05, 3.63) is 89.5 Å². The zero-order chi connectivity index (χ0) is 38.9. The molecule has 290 valence electrons. The summed E-state index contributed by atoms with van der Waals surface area (Å²) in [6, 6.07) is 20.0. The van der Waals surface area contributed by atoms with Crippen molar-refractivity contribution in [2.45, 2.75) is 44.4 Å². The number of imidazole rings is 1. The highest BCUT2D eigenvalue weighted by molar-refractivity contribution is 5.89. The normalized spacial score (nSPS) is 16.5. The van der Waals surface area contributed by atoms with E-state index in [1.54, 1.807) is 39.3 Å². The molecule has 3 fully saturated rings. The Balaban J connectivity index is 1.20. The number of amides is 1. The van der Waals surface area contributed by atoms with Crippen LogP contribution >= 0.6 is 0 Å². The van der Waals surface area contributed by atoms with Crippen LogP contribution in [0.3, 0.4) is 0 Å². The maximum atomic E-state index is 17.0. The standard InChI is InChI=1S/C40H43FN10O5/c1-25(27-6-12-33(55-3)13-7-27)50(40(52)53)29-18-34(36(41)35(19-29)48-16-14-47(15-17-48)31-23-56-24-31)44-39-45-38(37-43-21-30(20-42)51(37)46-39)49(28-8-9-28)22-26-4-10-32(54-2)11-5-26/h4-7,10-13,18-19,21,25,28,31H,8-9,14-17,22-24H2,1-3H3,(H,44,46)(H,52,53). The van der Waals surface area contributed by atoms with Crippen LogP contribution in [0.15, 0.2) is 66.9 Å². The Morgan fingerprint density at radius 3 is 2.32 bits per heavy atom. The van der Waals surface area contributed by atoms with E-state index in [9.17, 15) is 15.2 Å². The number of benzene rings is 3. The van der Waals surface area contributed by atoms with Gasteiger partial charge in [0.1, 0.15) is 17.6 Å².